The second kappa shape index (κ2) is 8.92. The number of nitrogens with one attached hydrogen (secondary N) is 1. The third-order valence-electron chi connectivity index (χ3n) is 4.75. The number of amides is 1. The summed E-state index contributed by atoms with van der Waals surface area (Å²) in [5.41, 5.74) is 1.85. The molecule has 1 aliphatic rings. The Kier molecular flexibility index (Phi) is 6.30. The lowest BCUT2D eigenvalue weighted by Gasteiger charge is -2.29. The average molecular weight is 419 g/mol. The van der Waals surface area contributed by atoms with Gasteiger partial charge in [-0.25, -0.2) is 0 Å². The van der Waals surface area contributed by atoms with E-state index in [9.17, 15) is 9.59 Å². The van der Waals surface area contributed by atoms with Gasteiger partial charge in [0.05, 0.1) is 31.0 Å². The minimum atomic E-state index is -0.535. The van der Waals surface area contributed by atoms with Crippen molar-refractivity contribution in [2.75, 3.05) is 19.5 Å². The highest BCUT2D eigenvalue weighted by molar-refractivity contribution is 6.09. The number of benzene rings is 2. The van der Waals surface area contributed by atoms with Crippen molar-refractivity contribution in [1.29, 1.82) is 0 Å². The van der Waals surface area contributed by atoms with E-state index in [-0.39, 0.29) is 11.7 Å². The van der Waals surface area contributed by atoms with Crippen LogP contribution in [0.5, 0.6) is 17.2 Å². The van der Waals surface area contributed by atoms with Crippen molar-refractivity contribution in [2.45, 2.75) is 19.4 Å². The fraction of sp³-hybridized carbons (Fsp3) is 0.200. The first-order chi connectivity index (χ1) is 14.8. The van der Waals surface area contributed by atoms with Crippen LogP contribution in [0.2, 0.25) is 0 Å². The molecule has 0 aromatic heterocycles. The fourth-order valence-corrected chi connectivity index (χ4v) is 3.17. The van der Waals surface area contributed by atoms with Gasteiger partial charge in [0.25, 0.3) is 0 Å². The molecule has 0 unspecified atom stereocenters. The number of carbonyl (C=O) groups excluding carboxylic acids is 2. The predicted molar refractivity (Wildman–Crippen MR) is 122 cm³/mol. The number of ketones is 1. The fourth-order valence-electron chi connectivity index (χ4n) is 3.17. The first-order valence-electron chi connectivity index (χ1n) is 9.71. The number of carbonyl (C=O) groups is 2. The number of fused-ring (bicyclic) bond motifs is 1. The van der Waals surface area contributed by atoms with Gasteiger partial charge in [0.1, 0.15) is 22.8 Å². The number of hydrogen-bond donors (Lipinski definition) is 1. The number of allylic oxidation sites excluding steroid dienone is 1. The quantitative estimate of drug-likeness (QED) is 0.510. The van der Waals surface area contributed by atoms with Gasteiger partial charge >= 0.3 is 0 Å². The van der Waals surface area contributed by atoms with Crippen molar-refractivity contribution in [3.05, 3.63) is 71.8 Å². The molecule has 6 heteroatoms. The zero-order valence-corrected chi connectivity index (χ0v) is 18.0. The monoisotopic (exact) mass is 419 g/mol. The van der Waals surface area contributed by atoms with Crippen LogP contribution in [-0.4, -0.2) is 31.5 Å². The van der Waals surface area contributed by atoms with Crippen LogP contribution in [-0.2, 0) is 4.79 Å². The minimum absolute atomic E-state index is 0.211. The molecule has 160 valence electrons. The zero-order valence-electron chi connectivity index (χ0n) is 18.0. The second-order valence-electron chi connectivity index (χ2n) is 7.45. The summed E-state index contributed by atoms with van der Waals surface area (Å²) in [5.74, 6) is 1.08. The van der Waals surface area contributed by atoms with Gasteiger partial charge in [-0.05, 0) is 68.0 Å². The Labute approximate surface area is 181 Å². The zero-order chi connectivity index (χ0) is 22.6. The van der Waals surface area contributed by atoms with Gasteiger partial charge in [-0.1, -0.05) is 18.7 Å². The summed E-state index contributed by atoms with van der Waals surface area (Å²) < 4.78 is 16.8. The number of ether oxygens (including phenoxy) is 3. The lowest BCUT2D eigenvalue weighted by atomic mass is 9.97. The van der Waals surface area contributed by atoms with E-state index in [4.69, 9.17) is 14.2 Å². The molecule has 0 saturated heterocycles. The lowest BCUT2D eigenvalue weighted by molar-refractivity contribution is -0.111. The molecule has 0 aliphatic carbocycles. The highest BCUT2D eigenvalue weighted by Gasteiger charge is 2.27. The summed E-state index contributed by atoms with van der Waals surface area (Å²) in [6.45, 7) is 7.29. The maximum atomic E-state index is 13.0. The molecule has 0 spiro atoms. The number of hydrogen-bond acceptors (Lipinski definition) is 5. The maximum Gasteiger partial charge on any atom is 0.247 e. The Morgan fingerprint density at radius 3 is 2.48 bits per heavy atom. The number of rotatable bonds is 7. The van der Waals surface area contributed by atoms with Gasteiger partial charge in [-0.15, -0.1) is 0 Å². The van der Waals surface area contributed by atoms with Gasteiger partial charge in [-0.2, -0.15) is 0 Å². The van der Waals surface area contributed by atoms with E-state index in [0.717, 1.165) is 11.1 Å². The van der Waals surface area contributed by atoms with E-state index in [1.54, 1.807) is 43.5 Å². The topological polar surface area (TPSA) is 73.9 Å². The normalized spacial score (nSPS) is 13.8. The molecular formula is C25H25NO5. The lowest BCUT2D eigenvalue weighted by Crippen LogP contribution is -2.28. The van der Waals surface area contributed by atoms with E-state index >= 15 is 0 Å². The van der Waals surface area contributed by atoms with E-state index < -0.39 is 5.60 Å². The molecule has 2 aromatic carbocycles. The minimum Gasteiger partial charge on any atom is -0.496 e. The van der Waals surface area contributed by atoms with Crippen LogP contribution in [0.1, 0.15) is 35.3 Å². The number of anilines is 1. The molecule has 1 amide bonds. The number of methoxy groups -OCH3 is 2. The molecule has 0 radical (unpaired) electrons. The molecule has 31 heavy (non-hydrogen) atoms. The van der Waals surface area contributed by atoms with Crippen molar-refractivity contribution in [3.8, 4) is 17.2 Å². The van der Waals surface area contributed by atoms with Crippen LogP contribution >= 0.6 is 0 Å². The molecule has 1 heterocycles. The van der Waals surface area contributed by atoms with Crippen molar-refractivity contribution in [1.82, 2.24) is 0 Å². The van der Waals surface area contributed by atoms with E-state index in [0.29, 0.717) is 28.5 Å². The molecule has 0 atom stereocenters. The van der Waals surface area contributed by atoms with E-state index in [2.05, 4.69) is 11.9 Å². The van der Waals surface area contributed by atoms with Crippen molar-refractivity contribution < 1.29 is 23.8 Å². The largest absolute Gasteiger partial charge is 0.496 e. The van der Waals surface area contributed by atoms with Crippen LogP contribution < -0.4 is 19.5 Å². The van der Waals surface area contributed by atoms with Gasteiger partial charge in [0.2, 0.25) is 5.91 Å². The average Bonchev–Trinajstić information content (AvgIpc) is 2.75. The second-order valence-corrected chi connectivity index (χ2v) is 7.45. The molecule has 0 fully saturated rings. The van der Waals surface area contributed by atoms with E-state index in [1.165, 1.54) is 19.3 Å². The molecule has 1 aliphatic heterocycles. The Bertz CT molecular complexity index is 1100. The first-order valence-corrected chi connectivity index (χ1v) is 9.71. The smallest absolute Gasteiger partial charge is 0.247 e. The van der Waals surface area contributed by atoms with Crippen LogP contribution in [0.4, 0.5) is 5.69 Å². The Balaban J connectivity index is 1.92. The summed E-state index contributed by atoms with van der Waals surface area (Å²) >= 11 is 0. The third-order valence-corrected chi connectivity index (χ3v) is 4.75. The molecule has 3 rings (SSSR count). The summed E-state index contributed by atoms with van der Waals surface area (Å²) in [6, 6.07) is 8.67. The van der Waals surface area contributed by atoms with E-state index in [1.807, 2.05) is 26.0 Å². The van der Waals surface area contributed by atoms with Crippen molar-refractivity contribution >= 4 is 29.5 Å². The standard InChI is InChI=1S/C25H25NO5/c1-6-23(28)26-19-15-16(8-11-22(19)30-5)7-10-20(27)17-9-12-21(29-4)18-13-14-25(2,3)31-24(17)18/h6-15H,1H2,2-5H3,(H,26,28). The SMILES string of the molecule is C=CC(=O)Nc1cc(C=CC(=O)c2ccc(OC)c3c2OC(C)(C)C=C3)ccc1OC. The predicted octanol–water partition coefficient (Wildman–Crippen LogP) is 4.91. The summed E-state index contributed by atoms with van der Waals surface area (Å²) in [6.07, 6.45) is 8.16. The highest BCUT2D eigenvalue weighted by Crippen LogP contribution is 2.40. The maximum absolute atomic E-state index is 13.0. The third kappa shape index (κ3) is 4.86. The summed E-state index contributed by atoms with van der Waals surface area (Å²) in [5, 5.41) is 2.69. The molecular weight excluding hydrogens is 394 g/mol. The van der Waals surface area contributed by atoms with Crippen molar-refractivity contribution in [2.24, 2.45) is 0 Å². The van der Waals surface area contributed by atoms with Gasteiger partial charge < -0.3 is 19.5 Å². The molecule has 6 nitrogen and oxygen atoms in total. The summed E-state index contributed by atoms with van der Waals surface area (Å²) in [7, 11) is 3.09. The molecule has 0 bridgehead atoms. The van der Waals surface area contributed by atoms with Crippen LogP contribution in [0.25, 0.3) is 12.2 Å². The highest BCUT2D eigenvalue weighted by atomic mass is 16.5. The van der Waals surface area contributed by atoms with Gasteiger partial charge in [0.15, 0.2) is 5.78 Å². The van der Waals surface area contributed by atoms with Crippen LogP contribution in [0.3, 0.4) is 0 Å². The van der Waals surface area contributed by atoms with Gasteiger partial charge in [0, 0.05) is 0 Å². The van der Waals surface area contributed by atoms with Crippen molar-refractivity contribution in [3.63, 3.8) is 0 Å². The Hall–Kier alpha value is -3.80. The van der Waals surface area contributed by atoms with Gasteiger partial charge in [-0.3, -0.25) is 9.59 Å². The molecule has 0 saturated carbocycles. The Morgan fingerprint density at radius 1 is 1.10 bits per heavy atom. The summed E-state index contributed by atoms with van der Waals surface area (Å²) in [4.78, 5) is 24.7. The first kappa shape index (κ1) is 21.9. The van der Waals surface area contributed by atoms with Crippen LogP contribution in [0.15, 0.2) is 55.1 Å². The Morgan fingerprint density at radius 2 is 1.81 bits per heavy atom. The molecule has 1 N–H and O–H groups in total. The molecule has 2 aromatic rings. The van der Waals surface area contributed by atoms with Crippen LogP contribution in [0, 0.1) is 0 Å².